The maximum absolute atomic E-state index is 13.0. The summed E-state index contributed by atoms with van der Waals surface area (Å²) in [6.07, 6.45) is 1.15. The second kappa shape index (κ2) is 9.15. The van der Waals surface area contributed by atoms with E-state index in [1.54, 1.807) is 18.2 Å². The van der Waals surface area contributed by atoms with Crippen LogP contribution < -0.4 is 9.64 Å². The Balaban J connectivity index is 1.52. The van der Waals surface area contributed by atoms with Crippen molar-refractivity contribution in [2.75, 3.05) is 12.0 Å². The van der Waals surface area contributed by atoms with Crippen LogP contribution in [0.3, 0.4) is 0 Å². The van der Waals surface area contributed by atoms with Gasteiger partial charge in [-0.2, -0.15) is 0 Å². The van der Waals surface area contributed by atoms with E-state index in [1.807, 2.05) is 0 Å². The van der Waals surface area contributed by atoms with Gasteiger partial charge in [0.2, 0.25) is 11.8 Å². The molecule has 0 unspecified atom stereocenters. The van der Waals surface area contributed by atoms with Crippen LogP contribution in [-0.4, -0.2) is 40.5 Å². The molecule has 1 aliphatic heterocycles. The van der Waals surface area contributed by atoms with E-state index in [-0.39, 0.29) is 44.6 Å². The number of hydrogen-bond acceptors (Lipinski definition) is 6. The van der Waals surface area contributed by atoms with E-state index in [2.05, 4.69) is 36.6 Å². The number of imide groups is 1. The quantitative estimate of drug-likeness (QED) is 0.240. The minimum atomic E-state index is -0.643. The summed E-state index contributed by atoms with van der Waals surface area (Å²) in [6.45, 7) is 0. The summed E-state index contributed by atoms with van der Waals surface area (Å²) in [5.74, 6) is -2.11. The fourth-order valence-electron chi connectivity index (χ4n) is 4.06. The molecule has 32 heavy (non-hydrogen) atoms. The van der Waals surface area contributed by atoms with Crippen LogP contribution in [0.4, 0.5) is 5.69 Å². The number of halogens is 2. The molecular weight excluding hydrogens is 546 g/mol. The number of alkyl halides is 2. The van der Waals surface area contributed by atoms with Crippen LogP contribution in [0.25, 0.3) is 0 Å². The Morgan fingerprint density at radius 1 is 0.875 bits per heavy atom. The van der Waals surface area contributed by atoms with Gasteiger partial charge < -0.3 is 9.47 Å². The van der Waals surface area contributed by atoms with Crippen molar-refractivity contribution in [3.63, 3.8) is 0 Å². The number of esters is 2. The van der Waals surface area contributed by atoms with E-state index >= 15 is 0 Å². The number of fused-ring (bicyclic) bond motifs is 1. The highest BCUT2D eigenvalue weighted by atomic mass is 79.9. The Labute approximate surface area is 201 Å². The first-order chi connectivity index (χ1) is 15.3. The lowest BCUT2D eigenvalue weighted by Gasteiger charge is -2.29. The molecule has 1 heterocycles. The molecule has 2 aliphatic rings. The van der Waals surface area contributed by atoms with Gasteiger partial charge in [-0.05, 0) is 55.3 Å². The largest absolute Gasteiger partial charge is 0.465 e. The minimum Gasteiger partial charge on any atom is -0.465 e. The molecule has 1 saturated carbocycles. The average Bonchev–Trinajstić information content (AvgIpc) is 3.03. The van der Waals surface area contributed by atoms with Crippen molar-refractivity contribution >= 4 is 61.3 Å². The van der Waals surface area contributed by atoms with Gasteiger partial charge >= 0.3 is 11.9 Å². The first-order valence-corrected chi connectivity index (χ1v) is 11.8. The minimum absolute atomic E-state index is 0.118. The van der Waals surface area contributed by atoms with Crippen molar-refractivity contribution in [1.82, 2.24) is 0 Å². The summed E-state index contributed by atoms with van der Waals surface area (Å²) in [6, 6.07) is 12.2. The third-order valence-electron chi connectivity index (χ3n) is 5.74. The van der Waals surface area contributed by atoms with Crippen LogP contribution in [0, 0.1) is 11.8 Å². The Bertz CT molecular complexity index is 1060. The Morgan fingerprint density at radius 2 is 1.47 bits per heavy atom. The number of hydrogen-bond donors (Lipinski definition) is 0. The Morgan fingerprint density at radius 3 is 2.03 bits per heavy atom. The highest BCUT2D eigenvalue weighted by molar-refractivity contribution is 9.12. The van der Waals surface area contributed by atoms with Gasteiger partial charge in [0, 0.05) is 9.65 Å². The third-order valence-corrected chi connectivity index (χ3v) is 8.47. The molecule has 2 aromatic carbocycles. The number of methoxy groups -OCH3 is 1. The molecule has 4 atom stereocenters. The van der Waals surface area contributed by atoms with Crippen LogP contribution in [0.15, 0.2) is 48.5 Å². The lowest BCUT2D eigenvalue weighted by Crippen LogP contribution is -2.34. The van der Waals surface area contributed by atoms with Crippen molar-refractivity contribution in [2.24, 2.45) is 11.8 Å². The number of nitrogens with zero attached hydrogens (tertiary/aromatic N) is 1. The van der Waals surface area contributed by atoms with Crippen molar-refractivity contribution < 1.29 is 28.7 Å². The maximum Gasteiger partial charge on any atom is 0.343 e. The predicted octanol–water partition coefficient (Wildman–Crippen LogP) is 4.12. The van der Waals surface area contributed by atoms with E-state index in [9.17, 15) is 19.2 Å². The first kappa shape index (κ1) is 22.7. The van der Waals surface area contributed by atoms with Crippen molar-refractivity contribution in [1.29, 1.82) is 0 Å². The molecule has 0 N–H and O–H groups in total. The molecule has 2 aromatic rings. The van der Waals surface area contributed by atoms with E-state index in [0.29, 0.717) is 24.1 Å². The highest BCUT2D eigenvalue weighted by Gasteiger charge is 2.52. The van der Waals surface area contributed by atoms with Gasteiger partial charge in [0.25, 0.3) is 0 Å². The van der Waals surface area contributed by atoms with Gasteiger partial charge in [0.15, 0.2) is 0 Å². The summed E-state index contributed by atoms with van der Waals surface area (Å²) in [5, 5.41) is 0. The second-order valence-corrected chi connectivity index (χ2v) is 10.0. The summed E-state index contributed by atoms with van der Waals surface area (Å²) in [4.78, 5) is 51.6. The van der Waals surface area contributed by atoms with Crippen LogP contribution in [0.1, 0.15) is 33.6 Å². The first-order valence-electron chi connectivity index (χ1n) is 9.96. The summed E-state index contributed by atoms with van der Waals surface area (Å²) < 4.78 is 10.0. The molecule has 1 saturated heterocycles. The number of rotatable bonds is 4. The molecule has 4 rings (SSSR count). The smallest absolute Gasteiger partial charge is 0.343 e. The van der Waals surface area contributed by atoms with Crippen LogP contribution in [-0.2, 0) is 14.3 Å². The predicted molar refractivity (Wildman–Crippen MR) is 123 cm³/mol. The molecule has 2 amide bonds. The van der Waals surface area contributed by atoms with Gasteiger partial charge in [0.1, 0.15) is 5.75 Å². The molecule has 1 aliphatic carbocycles. The standard InChI is InChI=1S/C23H19Br2NO6/c1-31-22(29)12-5-7-15(8-6-12)32-23(30)13-3-2-4-14(9-13)26-20(27)16-10-18(24)19(25)11-17(16)21(26)28/h2-9,16-19H,10-11H2,1H3/t16-,17-,18+,19+/m1/s1. The number of ether oxygens (including phenoxy) is 2. The molecule has 0 aromatic heterocycles. The van der Waals surface area contributed by atoms with Crippen molar-refractivity contribution in [3.8, 4) is 5.75 Å². The zero-order chi connectivity index (χ0) is 23.0. The molecule has 0 bridgehead atoms. The van der Waals surface area contributed by atoms with Crippen LogP contribution in [0.5, 0.6) is 5.75 Å². The molecule has 166 valence electrons. The summed E-state index contributed by atoms with van der Waals surface area (Å²) in [5.41, 5.74) is 0.882. The van der Waals surface area contributed by atoms with E-state index in [4.69, 9.17) is 4.74 Å². The number of benzene rings is 2. The molecule has 9 heteroatoms. The molecule has 7 nitrogen and oxygen atoms in total. The zero-order valence-corrected chi connectivity index (χ0v) is 20.2. The van der Waals surface area contributed by atoms with E-state index in [0.717, 1.165) is 0 Å². The normalized spacial score (nSPS) is 24.8. The number of anilines is 1. The lowest BCUT2D eigenvalue weighted by molar-refractivity contribution is -0.122. The van der Waals surface area contributed by atoms with Crippen LogP contribution >= 0.6 is 31.9 Å². The topological polar surface area (TPSA) is 90.0 Å². The SMILES string of the molecule is COC(=O)c1ccc(OC(=O)c2cccc(N3C(=O)[C@@H]4C[C@H](Br)[C@@H](Br)C[C@H]4C3=O)c2)cc1. The van der Waals surface area contributed by atoms with Crippen molar-refractivity contribution in [3.05, 3.63) is 59.7 Å². The average molecular weight is 565 g/mol. The molecule has 0 radical (unpaired) electrons. The Hall–Kier alpha value is -2.52. The fourth-order valence-corrected chi connectivity index (χ4v) is 5.30. The van der Waals surface area contributed by atoms with Gasteiger partial charge in [0.05, 0.1) is 35.8 Å². The summed E-state index contributed by atoms with van der Waals surface area (Å²) in [7, 11) is 1.28. The number of amides is 2. The molecule has 0 spiro atoms. The maximum atomic E-state index is 13.0. The molecular formula is C23H19Br2NO6. The lowest BCUT2D eigenvalue weighted by atomic mass is 9.81. The monoisotopic (exact) mass is 563 g/mol. The highest BCUT2D eigenvalue weighted by Crippen LogP contribution is 2.44. The van der Waals surface area contributed by atoms with Gasteiger partial charge in [-0.25, -0.2) is 9.59 Å². The van der Waals surface area contributed by atoms with Gasteiger partial charge in [-0.3, -0.25) is 14.5 Å². The second-order valence-electron chi connectivity index (χ2n) is 7.68. The van der Waals surface area contributed by atoms with Gasteiger partial charge in [-0.15, -0.1) is 0 Å². The van der Waals surface area contributed by atoms with Gasteiger partial charge in [-0.1, -0.05) is 37.9 Å². The zero-order valence-electron chi connectivity index (χ0n) is 17.0. The van der Waals surface area contributed by atoms with Crippen molar-refractivity contribution in [2.45, 2.75) is 22.5 Å². The van der Waals surface area contributed by atoms with E-state index < -0.39 is 11.9 Å². The summed E-state index contributed by atoms with van der Waals surface area (Å²) >= 11 is 7.15. The Kier molecular flexibility index (Phi) is 6.48. The number of carbonyl (C=O) groups is 4. The molecule has 2 fully saturated rings. The van der Waals surface area contributed by atoms with E-state index in [1.165, 1.54) is 42.3 Å². The fraction of sp³-hybridized carbons (Fsp3) is 0.304. The van der Waals surface area contributed by atoms with Crippen LogP contribution in [0.2, 0.25) is 0 Å². The number of carbonyl (C=O) groups excluding carboxylic acids is 4. The third kappa shape index (κ3) is 4.23.